The van der Waals surface area contributed by atoms with Gasteiger partial charge in [-0.1, -0.05) is 46.0 Å². The molecule has 18 heavy (non-hydrogen) atoms. The van der Waals surface area contributed by atoms with Crippen molar-refractivity contribution in [1.82, 2.24) is 0 Å². The highest BCUT2D eigenvalue weighted by Crippen LogP contribution is 2.50. The topological polar surface area (TPSA) is 0 Å². The normalized spacial score (nSPS) is 45.2. The van der Waals surface area contributed by atoms with Crippen LogP contribution in [0.1, 0.15) is 78.1 Å². The van der Waals surface area contributed by atoms with E-state index in [2.05, 4.69) is 13.8 Å². The Balaban J connectivity index is 1.65. The number of fused-ring (bicyclic) bond motifs is 1. The van der Waals surface area contributed by atoms with Crippen molar-refractivity contribution >= 4 is 0 Å². The summed E-state index contributed by atoms with van der Waals surface area (Å²) in [6, 6.07) is 0. The van der Waals surface area contributed by atoms with Gasteiger partial charge in [0, 0.05) is 0 Å². The Kier molecular flexibility index (Phi) is 4.01. The highest BCUT2D eigenvalue weighted by Gasteiger charge is 2.40. The molecule has 0 nitrogen and oxygen atoms in total. The van der Waals surface area contributed by atoms with Crippen molar-refractivity contribution in [2.75, 3.05) is 0 Å². The molecule has 0 heterocycles. The molecule has 0 spiro atoms. The van der Waals surface area contributed by atoms with Crippen LogP contribution in [0, 0.1) is 35.5 Å². The van der Waals surface area contributed by atoms with Gasteiger partial charge in [0.25, 0.3) is 0 Å². The molecule has 5 atom stereocenters. The van der Waals surface area contributed by atoms with Gasteiger partial charge in [-0.05, 0) is 67.6 Å². The van der Waals surface area contributed by atoms with E-state index in [0.717, 1.165) is 35.5 Å². The first-order valence-electron chi connectivity index (χ1n) is 8.75. The summed E-state index contributed by atoms with van der Waals surface area (Å²) in [7, 11) is 0. The third kappa shape index (κ3) is 2.49. The van der Waals surface area contributed by atoms with Crippen molar-refractivity contribution in [3.8, 4) is 0 Å². The van der Waals surface area contributed by atoms with Gasteiger partial charge in [-0.2, -0.15) is 0 Å². The molecule has 0 aromatic rings. The van der Waals surface area contributed by atoms with Crippen LogP contribution in [0.4, 0.5) is 0 Å². The van der Waals surface area contributed by atoms with Crippen LogP contribution in [0.2, 0.25) is 0 Å². The molecule has 104 valence electrons. The first kappa shape index (κ1) is 13.0. The Bertz CT molecular complexity index is 267. The van der Waals surface area contributed by atoms with E-state index in [4.69, 9.17) is 0 Å². The smallest absolute Gasteiger partial charge is 0.0355 e. The first-order valence-corrected chi connectivity index (χ1v) is 8.75. The van der Waals surface area contributed by atoms with Crippen LogP contribution in [0.5, 0.6) is 0 Å². The third-order valence-electron chi connectivity index (χ3n) is 6.67. The van der Waals surface area contributed by atoms with Gasteiger partial charge in [-0.25, -0.2) is 0 Å². The predicted molar refractivity (Wildman–Crippen MR) is 78.5 cm³/mol. The first-order chi connectivity index (χ1) is 8.75. The fourth-order valence-corrected chi connectivity index (χ4v) is 5.73. The molecule has 0 radical (unpaired) electrons. The zero-order chi connectivity index (χ0) is 12.5. The van der Waals surface area contributed by atoms with E-state index in [-0.39, 0.29) is 0 Å². The van der Waals surface area contributed by atoms with Crippen molar-refractivity contribution < 1.29 is 0 Å². The fourth-order valence-electron chi connectivity index (χ4n) is 5.73. The van der Waals surface area contributed by atoms with Gasteiger partial charge >= 0.3 is 0 Å². The van der Waals surface area contributed by atoms with Crippen molar-refractivity contribution in [3.05, 3.63) is 0 Å². The standard InChI is InChI=1S/C18H32/c1-13(2)17-8-3-4-9-18(17)16-11-10-14-6-5-7-15(14)12-16/h13-18H,3-12H2,1-2H3. The van der Waals surface area contributed by atoms with E-state index in [1.54, 1.807) is 44.9 Å². The van der Waals surface area contributed by atoms with Crippen LogP contribution >= 0.6 is 0 Å². The lowest BCUT2D eigenvalue weighted by molar-refractivity contribution is 0.0674. The summed E-state index contributed by atoms with van der Waals surface area (Å²) in [6.07, 6.45) is 15.6. The minimum atomic E-state index is 0.927. The lowest BCUT2D eigenvalue weighted by atomic mass is 9.62. The predicted octanol–water partition coefficient (Wildman–Crippen LogP) is 5.67. The van der Waals surface area contributed by atoms with E-state index in [1.165, 1.54) is 19.3 Å². The zero-order valence-electron chi connectivity index (χ0n) is 12.5. The molecule has 3 aliphatic rings. The average Bonchev–Trinajstić information content (AvgIpc) is 2.85. The largest absolute Gasteiger partial charge is 0.0625 e. The summed E-state index contributed by atoms with van der Waals surface area (Å²) < 4.78 is 0. The summed E-state index contributed by atoms with van der Waals surface area (Å²) in [5, 5.41) is 0. The molecule has 0 aliphatic heterocycles. The Morgan fingerprint density at radius 1 is 0.667 bits per heavy atom. The molecule has 3 aliphatic carbocycles. The third-order valence-corrected chi connectivity index (χ3v) is 6.67. The monoisotopic (exact) mass is 248 g/mol. The molecule has 5 unspecified atom stereocenters. The lowest BCUT2D eigenvalue weighted by Gasteiger charge is -2.43. The highest BCUT2D eigenvalue weighted by molar-refractivity contribution is 4.90. The second-order valence-corrected chi connectivity index (χ2v) is 7.88. The maximum absolute atomic E-state index is 2.48. The van der Waals surface area contributed by atoms with Gasteiger partial charge in [0.1, 0.15) is 0 Å². The second kappa shape index (κ2) is 5.55. The van der Waals surface area contributed by atoms with E-state index < -0.39 is 0 Å². The minimum Gasteiger partial charge on any atom is -0.0625 e. The summed E-state index contributed by atoms with van der Waals surface area (Å²) in [5.74, 6) is 6.47. The molecule has 0 aromatic carbocycles. The molecule has 3 saturated carbocycles. The van der Waals surface area contributed by atoms with Crippen LogP contribution in [-0.4, -0.2) is 0 Å². The van der Waals surface area contributed by atoms with Crippen molar-refractivity contribution in [1.29, 1.82) is 0 Å². The quantitative estimate of drug-likeness (QED) is 0.591. The van der Waals surface area contributed by atoms with E-state index in [0.29, 0.717) is 0 Å². The fraction of sp³-hybridized carbons (Fsp3) is 1.00. The number of rotatable bonds is 2. The van der Waals surface area contributed by atoms with Crippen molar-refractivity contribution in [3.63, 3.8) is 0 Å². The molecular weight excluding hydrogens is 216 g/mol. The molecule has 0 aromatic heterocycles. The highest BCUT2D eigenvalue weighted by atomic mass is 14.4. The molecule has 0 saturated heterocycles. The van der Waals surface area contributed by atoms with E-state index in [9.17, 15) is 0 Å². The van der Waals surface area contributed by atoms with Gasteiger partial charge in [-0.15, -0.1) is 0 Å². The maximum Gasteiger partial charge on any atom is -0.0355 e. The molecular formula is C18H32. The number of hydrogen-bond donors (Lipinski definition) is 0. The molecule has 0 heteroatoms. The van der Waals surface area contributed by atoms with Crippen molar-refractivity contribution in [2.24, 2.45) is 35.5 Å². The molecule has 3 fully saturated rings. The van der Waals surface area contributed by atoms with Gasteiger partial charge in [0.05, 0.1) is 0 Å². The summed E-state index contributed by atoms with van der Waals surface area (Å²) in [4.78, 5) is 0. The van der Waals surface area contributed by atoms with Gasteiger partial charge < -0.3 is 0 Å². The van der Waals surface area contributed by atoms with Crippen molar-refractivity contribution in [2.45, 2.75) is 78.1 Å². The van der Waals surface area contributed by atoms with Crippen LogP contribution in [0.25, 0.3) is 0 Å². The molecule has 0 bridgehead atoms. The van der Waals surface area contributed by atoms with Crippen LogP contribution < -0.4 is 0 Å². The minimum absolute atomic E-state index is 0.927. The molecule has 0 amide bonds. The van der Waals surface area contributed by atoms with Gasteiger partial charge in [-0.3, -0.25) is 0 Å². The summed E-state index contributed by atoms with van der Waals surface area (Å²) >= 11 is 0. The van der Waals surface area contributed by atoms with Gasteiger partial charge in [0.15, 0.2) is 0 Å². The molecule has 0 N–H and O–H groups in total. The zero-order valence-corrected chi connectivity index (χ0v) is 12.5. The second-order valence-electron chi connectivity index (χ2n) is 7.88. The number of hydrogen-bond acceptors (Lipinski definition) is 0. The Labute approximate surface area is 114 Å². The average molecular weight is 248 g/mol. The Hall–Kier alpha value is 0. The summed E-state index contributed by atoms with van der Waals surface area (Å²) in [5.41, 5.74) is 0. The Morgan fingerprint density at radius 3 is 2.22 bits per heavy atom. The Morgan fingerprint density at radius 2 is 1.39 bits per heavy atom. The van der Waals surface area contributed by atoms with Crippen LogP contribution in [-0.2, 0) is 0 Å². The molecule has 3 rings (SSSR count). The van der Waals surface area contributed by atoms with Crippen LogP contribution in [0.3, 0.4) is 0 Å². The summed E-state index contributed by atoms with van der Waals surface area (Å²) in [6.45, 7) is 4.95. The van der Waals surface area contributed by atoms with Gasteiger partial charge in [0.2, 0.25) is 0 Å². The van der Waals surface area contributed by atoms with Crippen LogP contribution in [0.15, 0.2) is 0 Å². The van der Waals surface area contributed by atoms with E-state index in [1.807, 2.05) is 0 Å². The lowest BCUT2D eigenvalue weighted by Crippen LogP contribution is -2.34. The SMILES string of the molecule is CC(C)C1CCCCC1C1CCC2CCCC2C1. The van der Waals surface area contributed by atoms with E-state index >= 15 is 0 Å². The maximum atomic E-state index is 2.48.